The Hall–Kier alpha value is -1.09. The second-order valence-corrected chi connectivity index (χ2v) is 6.22. The Morgan fingerprint density at radius 1 is 1.35 bits per heavy atom. The summed E-state index contributed by atoms with van der Waals surface area (Å²) >= 11 is 3.43. The van der Waals surface area contributed by atoms with Gasteiger partial charge in [-0.25, -0.2) is 0 Å². The van der Waals surface area contributed by atoms with Gasteiger partial charge in [0.15, 0.2) is 0 Å². The third-order valence-corrected chi connectivity index (χ3v) is 4.48. The van der Waals surface area contributed by atoms with Crippen molar-refractivity contribution in [3.63, 3.8) is 0 Å². The Morgan fingerprint density at radius 3 is 2.65 bits per heavy atom. The van der Waals surface area contributed by atoms with Crippen LogP contribution in [0.25, 0.3) is 0 Å². The predicted molar refractivity (Wildman–Crippen MR) is 84.7 cm³/mol. The molecular weight excluding hydrogens is 316 g/mol. The molecule has 3 heteroatoms. The maximum absolute atomic E-state index is 12.2. The molecule has 1 saturated carbocycles. The van der Waals surface area contributed by atoms with E-state index in [-0.39, 0.29) is 5.97 Å². The Bertz CT molecular complexity index is 504. The second kappa shape index (κ2) is 6.57. The van der Waals surface area contributed by atoms with Crippen LogP contribution in [0.4, 0.5) is 0 Å². The summed E-state index contributed by atoms with van der Waals surface area (Å²) in [6.45, 7) is 2.20. The van der Waals surface area contributed by atoms with Gasteiger partial charge in [0.05, 0.1) is 7.11 Å². The molecule has 0 unspecified atom stereocenters. The molecule has 0 aliphatic heterocycles. The van der Waals surface area contributed by atoms with Gasteiger partial charge in [-0.15, -0.1) is 0 Å². The number of hydrogen-bond donors (Lipinski definition) is 0. The van der Waals surface area contributed by atoms with Gasteiger partial charge >= 0.3 is 5.97 Å². The molecule has 0 spiro atoms. The maximum atomic E-state index is 12.2. The van der Waals surface area contributed by atoms with E-state index in [2.05, 4.69) is 28.9 Å². The van der Waals surface area contributed by atoms with Crippen LogP contribution >= 0.6 is 15.9 Å². The Labute approximate surface area is 129 Å². The van der Waals surface area contributed by atoms with Crippen LogP contribution in [0, 0.1) is 0 Å². The van der Waals surface area contributed by atoms with Gasteiger partial charge in [-0.1, -0.05) is 59.5 Å². The average Bonchev–Trinajstić information content (AvgIpc) is 3.19. The van der Waals surface area contributed by atoms with Crippen molar-refractivity contribution in [3.05, 3.63) is 46.0 Å². The molecule has 1 aromatic carbocycles. The maximum Gasteiger partial charge on any atom is 0.320 e. The molecule has 0 saturated heterocycles. The third kappa shape index (κ3) is 2.98. The van der Waals surface area contributed by atoms with Crippen molar-refractivity contribution >= 4 is 21.9 Å². The number of allylic oxidation sites excluding steroid dienone is 1. The molecule has 20 heavy (non-hydrogen) atoms. The first-order valence-electron chi connectivity index (χ1n) is 7.19. The van der Waals surface area contributed by atoms with E-state index in [0.29, 0.717) is 0 Å². The fraction of sp³-hybridized carbons (Fsp3) is 0.471. The smallest absolute Gasteiger partial charge is 0.320 e. The van der Waals surface area contributed by atoms with Gasteiger partial charge in [0.25, 0.3) is 0 Å². The summed E-state index contributed by atoms with van der Waals surface area (Å²) in [5, 5.41) is 0. The van der Waals surface area contributed by atoms with Crippen molar-refractivity contribution in [1.29, 1.82) is 0 Å². The molecule has 0 amide bonds. The summed E-state index contributed by atoms with van der Waals surface area (Å²) in [5.41, 5.74) is 1.74. The highest BCUT2D eigenvalue weighted by Crippen LogP contribution is 2.55. The minimum atomic E-state index is -0.512. The fourth-order valence-electron chi connectivity index (χ4n) is 2.68. The van der Waals surface area contributed by atoms with Gasteiger partial charge < -0.3 is 4.74 Å². The van der Waals surface area contributed by atoms with Crippen LogP contribution < -0.4 is 0 Å². The molecule has 0 N–H and O–H groups in total. The molecule has 1 fully saturated rings. The van der Waals surface area contributed by atoms with Gasteiger partial charge in [0, 0.05) is 4.47 Å². The minimum absolute atomic E-state index is 0.137. The molecular formula is C17H21BrO2. The molecule has 1 aliphatic carbocycles. The Balaban J connectivity index is 2.18. The van der Waals surface area contributed by atoms with Crippen molar-refractivity contribution in [1.82, 2.24) is 0 Å². The van der Waals surface area contributed by atoms with Crippen LogP contribution in [0.2, 0.25) is 0 Å². The molecule has 1 aliphatic rings. The van der Waals surface area contributed by atoms with Crippen molar-refractivity contribution < 1.29 is 9.53 Å². The lowest BCUT2D eigenvalue weighted by Crippen LogP contribution is -2.22. The lowest BCUT2D eigenvalue weighted by Gasteiger charge is -2.13. The number of rotatable bonds is 6. The van der Waals surface area contributed by atoms with E-state index in [1.807, 2.05) is 24.3 Å². The van der Waals surface area contributed by atoms with E-state index in [0.717, 1.165) is 22.9 Å². The Kier molecular flexibility index (Phi) is 5.03. The highest BCUT2D eigenvalue weighted by molar-refractivity contribution is 9.10. The average molecular weight is 337 g/mol. The first-order chi connectivity index (χ1) is 9.65. The SMILES string of the molecule is CCCCC/C=C1\C[C@]1(C(=O)OC)c1ccc(Br)cc1. The molecule has 1 aromatic rings. The van der Waals surface area contributed by atoms with Crippen LogP contribution in [0.3, 0.4) is 0 Å². The Morgan fingerprint density at radius 2 is 2.05 bits per heavy atom. The van der Waals surface area contributed by atoms with Gasteiger partial charge in [0.1, 0.15) is 5.41 Å². The first kappa shape index (κ1) is 15.3. The zero-order valence-corrected chi connectivity index (χ0v) is 13.7. The van der Waals surface area contributed by atoms with E-state index < -0.39 is 5.41 Å². The zero-order valence-electron chi connectivity index (χ0n) is 12.1. The van der Waals surface area contributed by atoms with E-state index in [1.165, 1.54) is 31.9 Å². The molecule has 0 heterocycles. The molecule has 2 rings (SSSR count). The van der Waals surface area contributed by atoms with Crippen LogP contribution in [-0.2, 0) is 14.9 Å². The summed E-state index contributed by atoms with van der Waals surface area (Å²) in [6, 6.07) is 7.97. The molecule has 0 bridgehead atoms. The quantitative estimate of drug-likeness (QED) is 0.425. The summed E-state index contributed by atoms with van der Waals surface area (Å²) in [4.78, 5) is 12.2. The van der Waals surface area contributed by atoms with Crippen LogP contribution in [0.1, 0.15) is 44.6 Å². The number of carbonyl (C=O) groups is 1. The van der Waals surface area contributed by atoms with Gasteiger partial charge in [-0.05, 0) is 37.0 Å². The van der Waals surface area contributed by atoms with Gasteiger partial charge in [-0.3, -0.25) is 4.79 Å². The summed E-state index contributed by atoms with van der Waals surface area (Å²) in [7, 11) is 1.47. The number of carbonyl (C=O) groups excluding carboxylic acids is 1. The highest BCUT2D eigenvalue weighted by Gasteiger charge is 2.57. The normalized spacial score (nSPS) is 22.9. The van der Waals surface area contributed by atoms with E-state index in [1.54, 1.807) is 0 Å². The number of hydrogen-bond acceptors (Lipinski definition) is 2. The third-order valence-electron chi connectivity index (χ3n) is 3.95. The van der Waals surface area contributed by atoms with Crippen molar-refractivity contribution in [2.45, 2.75) is 44.4 Å². The monoisotopic (exact) mass is 336 g/mol. The van der Waals surface area contributed by atoms with E-state index in [4.69, 9.17) is 4.74 Å². The number of ether oxygens (including phenoxy) is 1. The van der Waals surface area contributed by atoms with Crippen LogP contribution in [-0.4, -0.2) is 13.1 Å². The lowest BCUT2D eigenvalue weighted by atomic mass is 9.94. The first-order valence-corrected chi connectivity index (χ1v) is 7.98. The molecule has 0 radical (unpaired) electrons. The summed E-state index contributed by atoms with van der Waals surface area (Å²) < 4.78 is 6.05. The van der Waals surface area contributed by atoms with Crippen LogP contribution in [0.5, 0.6) is 0 Å². The number of methoxy groups -OCH3 is 1. The molecule has 2 nitrogen and oxygen atoms in total. The fourth-order valence-corrected chi connectivity index (χ4v) is 2.94. The lowest BCUT2D eigenvalue weighted by molar-refractivity contribution is -0.143. The minimum Gasteiger partial charge on any atom is -0.468 e. The number of esters is 1. The molecule has 108 valence electrons. The van der Waals surface area contributed by atoms with Crippen molar-refractivity contribution in [2.24, 2.45) is 0 Å². The zero-order chi connectivity index (χ0) is 14.6. The standard InChI is InChI=1S/C17H21BrO2/c1-3-4-5-6-7-14-12-17(14,16(19)20-2)13-8-10-15(18)11-9-13/h7-11H,3-6,12H2,1-2H3/b14-7+/t17-/m0/s1. The topological polar surface area (TPSA) is 26.3 Å². The van der Waals surface area contributed by atoms with Gasteiger partial charge in [0.2, 0.25) is 0 Å². The van der Waals surface area contributed by atoms with Crippen molar-refractivity contribution in [3.8, 4) is 0 Å². The van der Waals surface area contributed by atoms with E-state index in [9.17, 15) is 4.79 Å². The predicted octanol–water partition coefficient (Wildman–Crippen LogP) is 4.77. The molecule has 0 aromatic heterocycles. The van der Waals surface area contributed by atoms with Crippen molar-refractivity contribution in [2.75, 3.05) is 7.11 Å². The molecule has 1 atom stereocenters. The summed E-state index contributed by atoms with van der Waals surface area (Å²) in [6.07, 6.45) is 7.74. The van der Waals surface area contributed by atoms with E-state index >= 15 is 0 Å². The number of benzene rings is 1. The second-order valence-electron chi connectivity index (χ2n) is 5.31. The van der Waals surface area contributed by atoms with Gasteiger partial charge in [-0.2, -0.15) is 0 Å². The van der Waals surface area contributed by atoms with Crippen LogP contribution in [0.15, 0.2) is 40.4 Å². The summed E-state index contributed by atoms with van der Waals surface area (Å²) in [5.74, 6) is -0.137. The number of unbranched alkanes of at least 4 members (excludes halogenated alkanes) is 3. The largest absolute Gasteiger partial charge is 0.468 e. The number of halogens is 1. The highest BCUT2D eigenvalue weighted by atomic mass is 79.9.